The van der Waals surface area contributed by atoms with Crippen molar-refractivity contribution in [2.75, 3.05) is 0 Å². The third kappa shape index (κ3) is 2.58. The molecule has 0 fully saturated rings. The van der Waals surface area contributed by atoms with E-state index in [1.165, 1.54) is 11.6 Å². The maximum atomic E-state index is 13.5. The van der Waals surface area contributed by atoms with Gasteiger partial charge in [-0.15, -0.1) is 0 Å². The van der Waals surface area contributed by atoms with Gasteiger partial charge in [0.2, 0.25) is 0 Å². The molecule has 2 aromatic rings. The molecule has 0 N–H and O–H groups in total. The van der Waals surface area contributed by atoms with Gasteiger partial charge in [0.15, 0.2) is 0 Å². The Labute approximate surface area is 106 Å². The van der Waals surface area contributed by atoms with Crippen LogP contribution >= 0.6 is 0 Å². The van der Waals surface area contributed by atoms with Crippen LogP contribution in [-0.2, 0) is 6.42 Å². The van der Waals surface area contributed by atoms with Crippen LogP contribution in [0.2, 0.25) is 0 Å². The molecule has 94 valence electrons. The van der Waals surface area contributed by atoms with Gasteiger partial charge in [-0.25, -0.2) is 8.78 Å². The molecule has 0 atom stereocenters. The first-order valence-corrected chi connectivity index (χ1v) is 6.16. The monoisotopic (exact) mass is 246 g/mol. The quantitative estimate of drug-likeness (QED) is 0.723. The highest BCUT2D eigenvalue weighted by atomic mass is 19.1. The lowest BCUT2D eigenvalue weighted by atomic mass is 9.98. The van der Waals surface area contributed by atoms with E-state index in [4.69, 9.17) is 0 Å². The highest BCUT2D eigenvalue weighted by Gasteiger charge is 2.09. The summed E-state index contributed by atoms with van der Waals surface area (Å²) in [6.07, 6.45) is 2.11. The maximum absolute atomic E-state index is 13.5. The van der Waals surface area contributed by atoms with Crippen molar-refractivity contribution >= 4 is 0 Å². The molecule has 0 amide bonds. The molecular formula is C16H16F2. The maximum Gasteiger partial charge on any atom is 0.129 e. The van der Waals surface area contributed by atoms with E-state index in [9.17, 15) is 8.78 Å². The molecule has 0 aromatic heterocycles. The third-order valence-corrected chi connectivity index (χ3v) is 3.11. The summed E-state index contributed by atoms with van der Waals surface area (Å²) in [5.41, 5.74) is 3.21. The summed E-state index contributed by atoms with van der Waals surface area (Å²) >= 11 is 0. The summed E-state index contributed by atoms with van der Waals surface area (Å²) in [5.74, 6) is -1.03. The Bertz CT molecular complexity index is 542. The summed E-state index contributed by atoms with van der Waals surface area (Å²) in [4.78, 5) is 0. The smallest absolute Gasteiger partial charge is 0.129 e. The second kappa shape index (κ2) is 5.30. The average molecular weight is 246 g/mol. The Morgan fingerprint density at radius 3 is 2.28 bits per heavy atom. The molecule has 0 saturated carbocycles. The molecule has 2 rings (SSSR count). The number of halogens is 2. The summed E-state index contributed by atoms with van der Waals surface area (Å²) in [5, 5.41) is 0. The van der Waals surface area contributed by atoms with Gasteiger partial charge >= 0.3 is 0 Å². The van der Waals surface area contributed by atoms with Crippen LogP contribution in [0.1, 0.15) is 24.5 Å². The highest BCUT2D eigenvalue weighted by Crippen LogP contribution is 2.26. The summed E-state index contributed by atoms with van der Waals surface area (Å²) < 4.78 is 26.7. The molecule has 0 radical (unpaired) electrons. The molecule has 0 bridgehead atoms. The molecule has 0 aliphatic carbocycles. The van der Waals surface area contributed by atoms with Crippen molar-refractivity contribution in [3.05, 3.63) is 59.2 Å². The lowest BCUT2D eigenvalue weighted by molar-refractivity contribution is 0.578. The fraction of sp³-hybridized carbons (Fsp3) is 0.250. The molecule has 0 spiro atoms. The number of rotatable bonds is 3. The Morgan fingerprint density at radius 1 is 1.00 bits per heavy atom. The van der Waals surface area contributed by atoms with E-state index >= 15 is 0 Å². The predicted octanol–water partition coefficient (Wildman–Crippen LogP) is 4.89. The molecule has 0 saturated heterocycles. The Morgan fingerprint density at radius 2 is 1.67 bits per heavy atom. The number of benzene rings is 2. The predicted molar refractivity (Wildman–Crippen MR) is 70.5 cm³/mol. The standard InChI is InChI=1S/C16H16F2/c1-3-4-12-5-7-13(8-6-12)15-9-14(17)10-16(18)11(15)2/h5-10H,3-4H2,1-2H3. The molecule has 0 aliphatic heterocycles. The van der Waals surface area contributed by atoms with Crippen LogP contribution in [0.5, 0.6) is 0 Å². The molecule has 18 heavy (non-hydrogen) atoms. The SMILES string of the molecule is CCCc1ccc(-c2cc(F)cc(F)c2C)cc1. The van der Waals surface area contributed by atoms with Gasteiger partial charge in [0, 0.05) is 6.07 Å². The van der Waals surface area contributed by atoms with E-state index in [-0.39, 0.29) is 0 Å². The number of hydrogen-bond donors (Lipinski definition) is 0. The lowest BCUT2D eigenvalue weighted by Crippen LogP contribution is -1.91. The van der Waals surface area contributed by atoms with Gasteiger partial charge in [-0.1, -0.05) is 37.6 Å². The van der Waals surface area contributed by atoms with E-state index in [1.807, 2.05) is 24.3 Å². The third-order valence-electron chi connectivity index (χ3n) is 3.11. The van der Waals surface area contributed by atoms with Crippen LogP contribution in [0.25, 0.3) is 11.1 Å². The van der Waals surface area contributed by atoms with Crippen LogP contribution in [0.3, 0.4) is 0 Å². The average Bonchev–Trinajstić information content (AvgIpc) is 2.35. The minimum absolute atomic E-state index is 0.486. The van der Waals surface area contributed by atoms with Gasteiger partial charge in [0.1, 0.15) is 11.6 Å². The summed E-state index contributed by atoms with van der Waals surface area (Å²) in [7, 11) is 0. The second-order valence-corrected chi connectivity index (χ2v) is 4.51. The first-order chi connectivity index (χ1) is 8.61. The zero-order chi connectivity index (χ0) is 13.1. The Kier molecular flexibility index (Phi) is 3.75. The summed E-state index contributed by atoms with van der Waals surface area (Å²) in [6, 6.07) is 10.2. The van der Waals surface area contributed by atoms with Crippen molar-refractivity contribution < 1.29 is 8.78 Å². The van der Waals surface area contributed by atoms with Gasteiger partial charge in [-0.2, -0.15) is 0 Å². The zero-order valence-corrected chi connectivity index (χ0v) is 10.6. The highest BCUT2D eigenvalue weighted by molar-refractivity contribution is 5.67. The normalized spacial score (nSPS) is 10.7. The second-order valence-electron chi connectivity index (χ2n) is 4.51. The largest absolute Gasteiger partial charge is 0.207 e. The van der Waals surface area contributed by atoms with Crippen molar-refractivity contribution in [1.82, 2.24) is 0 Å². The van der Waals surface area contributed by atoms with Crippen molar-refractivity contribution in [3.8, 4) is 11.1 Å². The molecule has 0 unspecified atom stereocenters. The zero-order valence-electron chi connectivity index (χ0n) is 10.6. The van der Waals surface area contributed by atoms with Gasteiger partial charge in [-0.05, 0) is 41.7 Å². The van der Waals surface area contributed by atoms with Gasteiger partial charge in [0.25, 0.3) is 0 Å². The topological polar surface area (TPSA) is 0 Å². The van der Waals surface area contributed by atoms with Gasteiger partial charge in [-0.3, -0.25) is 0 Å². The van der Waals surface area contributed by atoms with Crippen LogP contribution in [0.15, 0.2) is 36.4 Å². The first kappa shape index (κ1) is 12.7. The van der Waals surface area contributed by atoms with E-state index in [0.29, 0.717) is 11.1 Å². The van der Waals surface area contributed by atoms with Crippen LogP contribution in [0, 0.1) is 18.6 Å². The van der Waals surface area contributed by atoms with E-state index in [2.05, 4.69) is 6.92 Å². The van der Waals surface area contributed by atoms with E-state index in [0.717, 1.165) is 24.5 Å². The van der Waals surface area contributed by atoms with Crippen LogP contribution in [0.4, 0.5) is 8.78 Å². The Hall–Kier alpha value is -1.70. The molecule has 2 heteroatoms. The van der Waals surface area contributed by atoms with Gasteiger partial charge < -0.3 is 0 Å². The number of hydrogen-bond acceptors (Lipinski definition) is 0. The fourth-order valence-electron chi connectivity index (χ4n) is 2.09. The van der Waals surface area contributed by atoms with Crippen LogP contribution < -0.4 is 0 Å². The van der Waals surface area contributed by atoms with E-state index in [1.54, 1.807) is 6.92 Å². The number of aryl methyl sites for hydroxylation is 1. The van der Waals surface area contributed by atoms with Crippen molar-refractivity contribution in [2.24, 2.45) is 0 Å². The molecule has 0 nitrogen and oxygen atoms in total. The van der Waals surface area contributed by atoms with Crippen LogP contribution in [-0.4, -0.2) is 0 Å². The minimum atomic E-state index is -0.536. The Balaban J connectivity index is 2.42. The molecular weight excluding hydrogens is 230 g/mol. The van der Waals surface area contributed by atoms with E-state index < -0.39 is 11.6 Å². The molecule has 0 aliphatic rings. The fourth-order valence-corrected chi connectivity index (χ4v) is 2.09. The summed E-state index contributed by atoms with van der Waals surface area (Å²) in [6.45, 7) is 3.80. The van der Waals surface area contributed by atoms with Crippen molar-refractivity contribution in [1.29, 1.82) is 0 Å². The van der Waals surface area contributed by atoms with Crippen molar-refractivity contribution in [3.63, 3.8) is 0 Å². The lowest BCUT2D eigenvalue weighted by Gasteiger charge is -2.08. The van der Waals surface area contributed by atoms with Gasteiger partial charge in [0.05, 0.1) is 0 Å². The minimum Gasteiger partial charge on any atom is -0.207 e. The molecule has 0 heterocycles. The first-order valence-electron chi connectivity index (χ1n) is 6.16. The van der Waals surface area contributed by atoms with Crippen molar-refractivity contribution in [2.45, 2.75) is 26.7 Å². The molecule has 2 aromatic carbocycles.